The number of piperidine rings is 1. The second kappa shape index (κ2) is 8.10. The van der Waals surface area contributed by atoms with Crippen LogP contribution in [0.3, 0.4) is 0 Å². The summed E-state index contributed by atoms with van der Waals surface area (Å²) in [6.45, 7) is 0.471. The van der Waals surface area contributed by atoms with Crippen LogP contribution in [0.25, 0.3) is 0 Å². The number of amides is 1. The van der Waals surface area contributed by atoms with Gasteiger partial charge in [-0.25, -0.2) is 0 Å². The third kappa shape index (κ3) is 3.81. The van der Waals surface area contributed by atoms with Gasteiger partial charge in [-0.3, -0.25) is 4.79 Å². The summed E-state index contributed by atoms with van der Waals surface area (Å²) in [6, 6.07) is 12.6. The molecule has 1 aromatic rings. The molecule has 2 atom stereocenters. The van der Waals surface area contributed by atoms with Gasteiger partial charge in [0, 0.05) is 29.9 Å². The number of carbonyl (C=O) groups is 1. The van der Waals surface area contributed by atoms with Gasteiger partial charge in [-0.15, -0.1) is 0 Å². The Morgan fingerprint density at radius 1 is 1.04 bits per heavy atom. The molecule has 3 aliphatic rings. The van der Waals surface area contributed by atoms with E-state index < -0.39 is 0 Å². The predicted octanol–water partition coefficient (Wildman–Crippen LogP) is 3.57. The van der Waals surface area contributed by atoms with Gasteiger partial charge in [0.15, 0.2) is 0 Å². The fourth-order valence-corrected chi connectivity index (χ4v) is 5.38. The molecule has 4 nitrogen and oxygen atoms in total. The molecular formula is C22H33N3O. The number of nitrogens with one attached hydrogen (secondary N) is 1. The van der Waals surface area contributed by atoms with Crippen molar-refractivity contribution in [3.05, 3.63) is 30.3 Å². The van der Waals surface area contributed by atoms with Gasteiger partial charge >= 0.3 is 0 Å². The molecule has 2 bridgehead atoms. The molecule has 142 valence electrons. The lowest BCUT2D eigenvalue weighted by Gasteiger charge is -2.38. The Morgan fingerprint density at radius 2 is 1.69 bits per heavy atom. The molecule has 26 heavy (non-hydrogen) atoms. The summed E-state index contributed by atoms with van der Waals surface area (Å²) in [5.74, 6) is 0.245. The molecule has 4 heteroatoms. The minimum absolute atomic E-state index is 0.245. The predicted molar refractivity (Wildman–Crippen MR) is 106 cm³/mol. The SMILES string of the molecule is CN1C2CCC1CC(NCC(=O)N(c1ccccc1)C1CCCCC1)C2. The van der Waals surface area contributed by atoms with E-state index in [9.17, 15) is 4.79 Å². The van der Waals surface area contributed by atoms with Crippen molar-refractivity contribution in [1.29, 1.82) is 0 Å². The van der Waals surface area contributed by atoms with Crippen molar-refractivity contribution in [3.63, 3.8) is 0 Å². The summed E-state index contributed by atoms with van der Waals surface area (Å²) in [5, 5.41) is 3.61. The first-order chi connectivity index (χ1) is 12.7. The van der Waals surface area contributed by atoms with E-state index in [2.05, 4.69) is 34.3 Å². The van der Waals surface area contributed by atoms with Crippen LogP contribution in [-0.4, -0.2) is 48.6 Å². The molecule has 1 N–H and O–H groups in total. The van der Waals surface area contributed by atoms with Crippen molar-refractivity contribution in [2.24, 2.45) is 0 Å². The van der Waals surface area contributed by atoms with Gasteiger partial charge in [0.05, 0.1) is 6.54 Å². The number of anilines is 1. The van der Waals surface area contributed by atoms with Gasteiger partial charge in [0.1, 0.15) is 0 Å². The van der Waals surface area contributed by atoms with E-state index in [1.807, 2.05) is 18.2 Å². The van der Waals surface area contributed by atoms with Crippen LogP contribution < -0.4 is 10.2 Å². The van der Waals surface area contributed by atoms with Crippen molar-refractivity contribution in [2.75, 3.05) is 18.5 Å². The molecule has 0 spiro atoms. The standard InChI is InChI=1S/C22H33N3O/c1-24-20-12-13-21(24)15-17(14-20)23-16-22(26)25(18-8-4-2-5-9-18)19-10-6-3-7-11-19/h2,4-5,8-9,17,19-21,23H,3,6-7,10-16H2,1H3. The Kier molecular flexibility index (Phi) is 5.60. The lowest BCUT2D eigenvalue weighted by Crippen LogP contribution is -2.51. The van der Waals surface area contributed by atoms with Crippen molar-refractivity contribution in [2.45, 2.75) is 82.0 Å². The first-order valence-corrected chi connectivity index (χ1v) is 10.5. The lowest BCUT2D eigenvalue weighted by molar-refractivity contribution is -0.118. The van der Waals surface area contributed by atoms with Crippen molar-refractivity contribution in [1.82, 2.24) is 10.2 Å². The fourth-order valence-electron chi connectivity index (χ4n) is 5.38. The third-order valence-electron chi connectivity index (χ3n) is 6.88. The monoisotopic (exact) mass is 355 g/mol. The summed E-state index contributed by atoms with van der Waals surface area (Å²) in [4.78, 5) is 17.8. The number of carbonyl (C=O) groups excluding carboxylic acids is 1. The van der Waals surface area contributed by atoms with Crippen LogP contribution >= 0.6 is 0 Å². The summed E-state index contributed by atoms with van der Waals surface area (Å²) in [6.07, 6.45) is 11.1. The summed E-state index contributed by atoms with van der Waals surface area (Å²) in [5.41, 5.74) is 1.06. The van der Waals surface area contributed by atoms with Crippen LogP contribution in [0.1, 0.15) is 57.8 Å². The van der Waals surface area contributed by atoms with Crippen molar-refractivity contribution < 1.29 is 4.79 Å². The maximum atomic E-state index is 13.2. The zero-order chi connectivity index (χ0) is 17.9. The van der Waals surface area contributed by atoms with E-state index in [4.69, 9.17) is 0 Å². The Hall–Kier alpha value is -1.39. The maximum Gasteiger partial charge on any atom is 0.241 e. The van der Waals surface area contributed by atoms with Crippen molar-refractivity contribution in [3.8, 4) is 0 Å². The quantitative estimate of drug-likeness (QED) is 0.877. The second-order valence-electron chi connectivity index (χ2n) is 8.49. The van der Waals surface area contributed by atoms with Gasteiger partial charge in [-0.05, 0) is 57.7 Å². The van der Waals surface area contributed by atoms with E-state index in [-0.39, 0.29) is 5.91 Å². The number of fused-ring (bicyclic) bond motifs is 2. The highest BCUT2D eigenvalue weighted by Gasteiger charge is 2.38. The van der Waals surface area contributed by atoms with Crippen molar-refractivity contribution >= 4 is 11.6 Å². The smallest absolute Gasteiger partial charge is 0.241 e. The fraction of sp³-hybridized carbons (Fsp3) is 0.682. The number of hydrogen-bond acceptors (Lipinski definition) is 3. The highest BCUT2D eigenvalue weighted by Crippen LogP contribution is 2.34. The minimum Gasteiger partial charge on any atom is -0.308 e. The number of rotatable bonds is 5. The lowest BCUT2D eigenvalue weighted by atomic mass is 9.93. The van der Waals surface area contributed by atoms with Crippen LogP contribution in [0.2, 0.25) is 0 Å². The average molecular weight is 356 g/mol. The van der Waals surface area contributed by atoms with Crippen LogP contribution in [0, 0.1) is 0 Å². The normalized spacial score (nSPS) is 29.7. The first kappa shape index (κ1) is 18.0. The van der Waals surface area contributed by atoms with Crippen LogP contribution in [0.4, 0.5) is 5.69 Å². The van der Waals surface area contributed by atoms with Crippen LogP contribution in [-0.2, 0) is 4.79 Å². The molecule has 1 amide bonds. The van der Waals surface area contributed by atoms with Crippen LogP contribution in [0.15, 0.2) is 30.3 Å². The highest BCUT2D eigenvalue weighted by atomic mass is 16.2. The average Bonchev–Trinajstić information content (AvgIpc) is 2.89. The number of para-hydroxylation sites is 1. The number of hydrogen-bond donors (Lipinski definition) is 1. The number of nitrogens with zero attached hydrogens (tertiary/aromatic N) is 2. The largest absolute Gasteiger partial charge is 0.308 e. The number of benzene rings is 1. The molecule has 1 aromatic carbocycles. The molecule has 1 aliphatic carbocycles. The molecule has 2 saturated heterocycles. The second-order valence-corrected chi connectivity index (χ2v) is 8.49. The topological polar surface area (TPSA) is 35.6 Å². The zero-order valence-electron chi connectivity index (χ0n) is 16.1. The van der Waals surface area contributed by atoms with E-state index >= 15 is 0 Å². The molecule has 2 heterocycles. The first-order valence-electron chi connectivity index (χ1n) is 10.5. The molecule has 0 radical (unpaired) electrons. The Balaban J connectivity index is 1.40. The van der Waals surface area contributed by atoms with Crippen LogP contribution in [0.5, 0.6) is 0 Å². The molecule has 0 aromatic heterocycles. The maximum absolute atomic E-state index is 13.2. The molecule has 3 fully saturated rings. The minimum atomic E-state index is 0.245. The summed E-state index contributed by atoms with van der Waals surface area (Å²) in [7, 11) is 2.27. The van der Waals surface area contributed by atoms with E-state index in [1.54, 1.807) is 0 Å². The third-order valence-corrected chi connectivity index (χ3v) is 6.88. The van der Waals surface area contributed by atoms with Gasteiger partial charge in [-0.2, -0.15) is 0 Å². The molecular weight excluding hydrogens is 322 g/mol. The molecule has 2 unspecified atom stereocenters. The van der Waals surface area contributed by atoms with E-state index in [1.165, 1.54) is 44.9 Å². The Morgan fingerprint density at radius 3 is 2.35 bits per heavy atom. The zero-order valence-corrected chi connectivity index (χ0v) is 16.1. The van der Waals surface area contributed by atoms with E-state index in [0.29, 0.717) is 30.7 Å². The van der Waals surface area contributed by atoms with Gasteiger partial charge in [0.2, 0.25) is 5.91 Å². The van der Waals surface area contributed by atoms with Gasteiger partial charge < -0.3 is 15.1 Å². The van der Waals surface area contributed by atoms with E-state index in [0.717, 1.165) is 18.5 Å². The highest BCUT2D eigenvalue weighted by molar-refractivity contribution is 5.95. The molecule has 4 rings (SSSR count). The summed E-state index contributed by atoms with van der Waals surface area (Å²) < 4.78 is 0. The van der Waals surface area contributed by atoms with Gasteiger partial charge in [0.25, 0.3) is 0 Å². The Bertz CT molecular complexity index is 585. The Labute approximate surface area is 157 Å². The summed E-state index contributed by atoms with van der Waals surface area (Å²) >= 11 is 0. The molecule has 2 aliphatic heterocycles. The molecule has 1 saturated carbocycles. The van der Waals surface area contributed by atoms with Gasteiger partial charge in [-0.1, -0.05) is 37.5 Å².